The number of carbonyl (C=O) groups is 1. The Labute approximate surface area is 130 Å². The molecule has 1 aliphatic heterocycles. The molecule has 0 aromatic carbocycles. The molecule has 0 N–H and O–H groups in total. The summed E-state index contributed by atoms with van der Waals surface area (Å²) in [5.41, 5.74) is 0. The Hall–Kier alpha value is -1.57. The highest BCUT2D eigenvalue weighted by Crippen LogP contribution is 2.22. The number of carbonyl (C=O) groups excluding carboxylic acids is 1. The van der Waals surface area contributed by atoms with Crippen molar-refractivity contribution in [3.8, 4) is 5.95 Å². The number of hydrogen-bond acceptors (Lipinski definition) is 6. The first kappa shape index (κ1) is 16.8. The summed E-state index contributed by atoms with van der Waals surface area (Å²) in [6, 6.07) is 2.98. The number of nitrogens with zero attached hydrogens (tertiary/aromatic N) is 1. The molecule has 3 atom stereocenters. The van der Waals surface area contributed by atoms with Crippen molar-refractivity contribution in [1.82, 2.24) is 4.90 Å². The Morgan fingerprint density at radius 2 is 2.09 bits per heavy atom. The number of amides is 1. The van der Waals surface area contributed by atoms with Gasteiger partial charge in [-0.15, -0.1) is 0 Å². The molecule has 0 radical (unpaired) electrons. The summed E-state index contributed by atoms with van der Waals surface area (Å²) in [5, 5.41) is 0. The Morgan fingerprint density at radius 1 is 1.32 bits per heavy atom. The number of rotatable bonds is 6. The largest absolute Gasteiger partial charge is 0.465 e. The maximum atomic E-state index is 12.5. The lowest BCUT2D eigenvalue weighted by atomic mass is 10.0. The minimum absolute atomic E-state index is 0.213. The third kappa shape index (κ3) is 3.43. The molecular weight excluding hydrogens is 290 g/mol. The average Bonchev–Trinajstić information content (AvgIpc) is 3.01. The lowest BCUT2D eigenvalue weighted by molar-refractivity contribution is -0.147. The Morgan fingerprint density at radius 3 is 2.73 bits per heavy atom. The van der Waals surface area contributed by atoms with E-state index in [2.05, 4.69) is 0 Å². The van der Waals surface area contributed by atoms with Crippen molar-refractivity contribution in [1.29, 1.82) is 0 Å². The van der Waals surface area contributed by atoms with E-state index in [0.717, 1.165) is 0 Å². The first-order valence-corrected chi connectivity index (χ1v) is 7.25. The van der Waals surface area contributed by atoms with Crippen LogP contribution in [0.2, 0.25) is 0 Å². The number of ether oxygens (including phenoxy) is 4. The zero-order valence-electron chi connectivity index (χ0n) is 13.4. The van der Waals surface area contributed by atoms with Gasteiger partial charge in [0.15, 0.2) is 5.76 Å². The molecule has 0 aliphatic carbocycles. The molecule has 0 spiro atoms. The number of hydrogen-bond donors (Lipinski definition) is 0. The van der Waals surface area contributed by atoms with Crippen LogP contribution in [0, 0.1) is 0 Å². The molecular formula is C15H23NO6. The fourth-order valence-electron chi connectivity index (χ4n) is 2.56. The topological polar surface area (TPSA) is 70.4 Å². The molecule has 2 heterocycles. The van der Waals surface area contributed by atoms with Crippen LogP contribution in [-0.2, 0) is 14.2 Å². The number of likely N-dealkylation sites (N-methyl/N-ethyl adjacent to an activating group) is 1. The number of methoxy groups -OCH3 is 2. The van der Waals surface area contributed by atoms with Gasteiger partial charge in [-0.1, -0.05) is 0 Å². The van der Waals surface area contributed by atoms with Crippen LogP contribution in [0.5, 0.6) is 5.95 Å². The van der Waals surface area contributed by atoms with Gasteiger partial charge in [0, 0.05) is 27.3 Å². The predicted octanol–water partition coefficient (Wildman–Crippen LogP) is 1.18. The zero-order valence-corrected chi connectivity index (χ0v) is 13.4. The molecule has 7 heteroatoms. The molecule has 1 saturated heterocycles. The average molecular weight is 313 g/mol. The fraction of sp³-hybridized carbons (Fsp3) is 0.667. The highest BCUT2D eigenvalue weighted by Gasteiger charge is 2.39. The molecule has 0 unspecified atom stereocenters. The van der Waals surface area contributed by atoms with E-state index >= 15 is 0 Å². The van der Waals surface area contributed by atoms with E-state index in [0.29, 0.717) is 25.8 Å². The van der Waals surface area contributed by atoms with Crippen LogP contribution in [0.3, 0.4) is 0 Å². The lowest BCUT2D eigenvalue weighted by Crippen LogP contribution is -2.57. The minimum Gasteiger partial charge on any atom is -0.465 e. The van der Waals surface area contributed by atoms with Gasteiger partial charge in [0.2, 0.25) is 0 Å². The van der Waals surface area contributed by atoms with Crippen molar-refractivity contribution in [2.75, 3.05) is 41.1 Å². The Balaban J connectivity index is 2.10. The van der Waals surface area contributed by atoms with Crippen LogP contribution in [0.25, 0.3) is 0 Å². The van der Waals surface area contributed by atoms with E-state index in [-0.39, 0.29) is 29.9 Å². The molecule has 1 aromatic heterocycles. The number of furan rings is 1. The van der Waals surface area contributed by atoms with Gasteiger partial charge in [0.25, 0.3) is 11.9 Å². The summed E-state index contributed by atoms with van der Waals surface area (Å²) in [7, 11) is 4.90. The second-order valence-corrected chi connectivity index (χ2v) is 5.05. The van der Waals surface area contributed by atoms with Gasteiger partial charge in [0.1, 0.15) is 12.2 Å². The summed E-state index contributed by atoms with van der Waals surface area (Å²) >= 11 is 0. The first-order valence-electron chi connectivity index (χ1n) is 7.25. The second-order valence-electron chi connectivity index (χ2n) is 5.05. The molecule has 0 saturated carbocycles. The van der Waals surface area contributed by atoms with Crippen LogP contribution in [0.4, 0.5) is 0 Å². The summed E-state index contributed by atoms with van der Waals surface area (Å²) < 4.78 is 27.0. The first-order chi connectivity index (χ1) is 10.6. The smallest absolute Gasteiger partial charge is 0.289 e. The third-order valence-corrected chi connectivity index (χ3v) is 3.79. The summed E-state index contributed by atoms with van der Waals surface area (Å²) in [4.78, 5) is 14.1. The highest BCUT2D eigenvalue weighted by molar-refractivity contribution is 5.91. The normalized spacial score (nSPS) is 25.0. The summed E-state index contributed by atoms with van der Waals surface area (Å²) in [6.07, 6.45) is -0.469. The van der Waals surface area contributed by atoms with Gasteiger partial charge in [0.05, 0.1) is 25.9 Å². The van der Waals surface area contributed by atoms with Crippen LogP contribution < -0.4 is 4.74 Å². The van der Waals surface area contributed by atoms with Gasteiger partial charge in [-0.05, 0) is 13.0 Å². The second kappa shape index (κ2) is 7.62. The van der Waals surface area contributed by atoms with Crippen LogP contribution in [-0.4, -0.2) is 70.1 Å². The van der Waals surface area contributed by atoms with E-state index < -0.39 is 0 Å². The van der Waals surface area contributed by atoms with Crippen LogP contribution >= 0.6 is 0 Å². The standard InChI is InChI=1S/C15H23NO6/c1-5-21-13-7-6-11(22-13)15(17)16(2)10-8-20-9-12(18-3)14(10)19-4/h6-7,10,12,14H,5,8-9H2,1-4H3/t10-,12-,14+/m1/s1. The van der Waals surface area contributed by atoms with Crippen molar-refractivity contribution in [3.63, 3.8) is 0 Å². The molecule has 1 aliphatic rings. The molecule has 2 rings (SSSR count). The highest BCUT2D eigenvalue weighted by atomic mass is 16.6. The van der Waals surface area contributed by atoms with Gasteiger partial charge in [-0.3, -0.25) is 4.79 Å². The molecule has 1 aromatic rings. The Kier molecular flexibility index (Phi) is 5.82. The molecule has 1 fully saturated rings. The van der Waals surface area contributed by atoms with E-state index in [9.17, 15) is 4.79 Å². The maximum Gasteiger partial charge on any atom is 0.289 e. The van der Waals surface area contributed by atoms with Crippen molar-refractivity contribution in [2.24, 2.45) is 0 Å². The molecule has 7 nitrogen and oxygen atoms in total. The van der Waals surface area contributed by atoms with E-state index in [1.54, 1.807) is 38.3 Å². The van der Waals surface area contributed by atoms with Crippen molar-refractivity contribution in [3.05, 3.63) is 17.9 Å². The molecule has 22 heavy (non-hydrogen) atoms. The van der Waals surface area contributed by atoms with E-state index in [1.807, 2.05) is 6.92 Å². The Bertz CT molecular complexity index is 488. The maximum absolute atomic E-state index is 12.5. The lowest BCUT2D eigenvalue weighted by Gasteiger charge is -2.40. The SMILES string of the molecule is CCOc1ccc(C(=O)N(C)[C@@H]2COC[C@@H](OC)[C@H]2OC)o1. The fourth-order valence-corrected chi connectivity index (χ4v) is 2.56. The monoisotopic (exact) mass is 313 g/mol. The van der Waals surface area contributed by atoms with Gasteiger partial charge in [-0.2, -0.15) is 0 Å². The van der Waals surface area contributed by atoms with Crippen molar-refractivity contribution >= 4 is 5.91 Å². The van der Waals surface area contributed by atoms with Crippen molar-refractivity contribution < 1.29 is 28.2 Å². The van der Waals surface area contributed by atoms with Crippen LogP contribution in [0.15, 0.2) is 16.5 Å². The zero-order chi connectivity index (χ0) is 16.1. The van der Waals surface area contributed by atoms with Crippen LogP contribution in [0.1, 0.15) is 17.5 Å². The molecule has 1 amide bonds. The van der Waals surface area contributed by atoms with E-state index in [1.165, 1.54) is 0 Å². The van der Waals surface area contributed by atoms with Crippen molar-refractivity contribution in [2.45, 2.75) is 25.2 Å². The predicted molar refractivity (Wildman–Crippen MR) is 78.2 cm³/mol. The third-order valence-electron chi connectivity index (χ3n) is 3.79. The summed E-state index contributed by atoms with van der Waals surface area (Å²) in [6.45, 7) is 3.17. The molecule has 124 valence electrons. The van der Waals surface area contributed by atoms with E-state index in [4.69, 9.17) is 23.4 Å². The minimum atomic E-state index is -0.256. The van der Waals surface area contributed by atoms with Gasteiger partial charge in [-0.25, -0.2) is 0 Å². The van der Waals surface area contributed by atoms with Gasteiger partial charge >= 0.3 is 0 Å². The molecule has 0 bridgehead atoms. The quantitative estimate of drug-likeness (QED) is 0.785. The van der Waals surface area contributed by atoms with Gasteiger partial charge < -0.3 is 28.3 Å². The summed E-state index contributed by atoms with van der Waals surface area (Å²) in [5.74, 6) is 0.302.